The third-order valence-corrected chi connectivity index (χ3v) is 4.80. The minimum Gasteiger partial charge on any atom is -0.381 e. The van der Waals surface area contributed by atoms with Crippen LogP contribution in [0.2, 0.25) is 0 Å². The van der Waals surface area contributed by atoms with Gasteiger partial charge in [-0.3, -0.25) is 4.79 Å². The average molecular weight is 356 g/mol. The number of rotatable bonds is 8. The fourth-order valence-corrected chi connectivity index (χ4v) is 3.39. The number of benzene rings is 1. The Balaban J connectivity index is 1.50. The number of aromatic nitrogens is 2. The van der Waals surface area contributed by atoms with E-state index in [9.17, 15) is 4.79 Å². The molecule has 1 aliphatic heterocycles. The molecule has 1 unspecified atom stereocenters. The smallest absolute Gasteiger partial charge is 0.239 e. The summed E-state index contributed by atoms with van der Waals surface area (Å²) in [4.78, 5) is 18.9. The zero-order valence-corrected chi connectivity index (χ0v) is 15.4. The van der Waals surface area contributed by atoms with Crippen molar-refractivity contribution < 1.29 is 9.53 Å². The Morgan fingerprint density at radius 1 is 1.38 bits per heavy atom. The second-order valence-corrected chi connectivity index (χ2v) is 6.93. The summed E-state index contributed by atoms with van der Waals surface area (Å²) in [6.07, 6.45) is 5.23. The summed E-state index contributed by atoms with van der Waals surface area (Å²) < 4.78 is 7.49. The second-order valence-electron chi connectivity index (χ2n) is 6.93. The van der Waals surface area contributed by atoms with E-state index < -0.39 is 6.04 Å². The lowest BCUT2D eigenvalue weighted by molar-refractivity contribution is -0.131. The maximum absolute atomic E-state index is 12.6. The normalized spacial score (nSPS) is 18.2. The van der Waals surface area contributed by atoms with Crippen molar-refractivity contribution in [1.29, 1.82) is 0 Å². The fourth-order valence-electron chi connectivity index (χ4n) is 3.39. The first-order chi connectivity index (χ1) is 12.7. The highest BCUT2D eigenvalue weighted by atomic mass is 16.5. The maximum Gasteiger partial charge on any atom is 0.239 e. The molecule has 1 amide bonds. The van der Waals surface area contributed by atoms with Crippen LogP contribution >= 0.6 is 0 Å². The molecule has 0 aliphatic carbocycles. The number of hydrogen-bond donors (Lipinski definition) is 1. The van der Waals surface area contributed by atoms with E-state index >= 15 is 0 Å². The number of hydrogen-bond acceptors (Lipinski definition) is 4. The number of imidazole rings is 1. The van der Waals surface area contributed by atoms with Crippen molar-refractivity contribution in [3.8, 4) is 0 Å². The highest BCUT2D eigenvalue weighted by molar-refractivity contribution is 5.82. The second kappa shape index (κ2) is 8.96. The van der Waals surface area contributed by atoms with Gasteiger partial charge in [0.2, 0.25) is 5.91 Å². The van der Waals surface area contributed by atoms with Gasteiger partial charge in [-0.1, -0.05) is 30.3 Å². The van der Waals surface area contributed by atoms with Gasteiger partial charge < -0.3 is 19.9 Å². The van der Waals surface area contributed by atoms with Crippen molar-refractivity contribution in [2.24, 2.45) is 11.7 Å². The first-order valence-corrected chi connectivity index (χ1v) is 9.32. The van der Waals surface area contributed by atoms with E-state index in [1.807, 2.05) is 40.8 Å². The molecule has 2 aromatic rings. The lowest BCUT2D eigenvalue weighted by atomic mass is 10.1. The number of carbonyl (C=O) groups excluding carboxylic acids is 1. The number of amides is 1. The summed E-state index contributed by atoms with van der Waals surface area (Å²) in [5.74, 6) is 0.442. The zero-order valence-electron chi connectivity index (χ0n) is 15.4. The first-order valence-electron chi connectivity index (χ1n) is 9.32. The van der Waals surface area contributed by atoms with Crippen molar-refractivity contribution in [1.82, 2.24) is 14.5 Å². The summed E-state index contributed by atoms with van der Waals surface area (Å²) in [6.45, 7) is 5.71. The van der Waals surface area contributed by atoms with Crippen LogP contribution in [0.3, 0.4) is 0 Å². The van der Waals surface area contributed by atoms with Gasteiger partial charge in [-0.25, -0.2) is 4.98 Å². The predicted octanol–water partition coefficient (Wildman–Crippen LogP) is 1.69. The quantitative estimate of drug-likeness (QED) is 0.781. The first kappa shape index (κ1) is 18.6. The van der Waals surface area contributed by atoms with Crippen molar-refractivity contribution in [2.75, 3.05) is 26.3 Å². The average Bonchev–Trinajstić information content (AvgIpc) is 3.30. The number of ether oxygens (including phenoxy) is 1. The van der Waals surface area contributed by atoms with Crippen LogP contribution in [0, 0.1) is 5.92 Å². The third-order valence-electron chi connectivity index (χ3n) is 4.80. The number of nitrogens with two attached hydrogens (primary N) is 1. The van der Waals surface area contributed by atoms with Gasteiger partial charge in [0.1, 0.15) is 0 Å². The Labute approximate surface area is 155 Å². The predicted molar refractivity (Wildman–Crippen MR) is 101 cm³/mol. The molecule has 1 saturated heterocycles. The van der Waals surface area contributed by atoms with Crippen LogP contribution in [0.5, 0.6) is 0 Å². The van der Waals surface area contributed by atoms with Gasteiger partial charge in [0.25, 0.3) is 0 Å². The van der Waals surface area contributed by atoms with Gasteiger partial charge in [0, 0.05) is 44.8 Å². The van der Waals surface area contributed by atoms with E-state index in [0.29, 0.717) is 12.3 Å². The Kier molecular flexibility index (Phi) is 6.41. The maximum atomic E-state index is 12.6. The molecule has 1 aromatic carbocycles. The molecule has 6 nitrogen and oxygen atoms in total. The molecule has 1 fully saturated rings. The van der Waals surface area contributed by atoms with E-state index in [-0.39, 0.29) is 5.91 Å². The van der Waals surface area contributed by atoms with Gasteiger partial charge in [-0.2, -0.15) is 0 Å². The van der Waals surface area contributed by atoms with Crippen LogP contribution in [0.25, 0.3) is 0 Å². The Hall–Kier alpha value is -2.18. The Bertz CT molecular complexity index is 701. The van der Waals surface area contributed by atoms with E-state index in [4.69, 9.17) is 10.5 Å². The SMILES string of the molecule is CCOCC1CCN(C(=O)[C@@H](N)Cc2cn(Cc3ccccc3)cn2)C1. The largest absolute Gasteiger partial charge is 0.381 e. The molecule has 0 bridgehead atoms. The highest BCUT2D eigenvalue weighted by Crippen LogP contribution is 2.18. The minimum absolute atomic E-state index is 0.0154. The van der Waals surface area contributed by atoms with Crippen molar-refractivity contribution in [2.45, 2.75) is 32.4 Å². The molecule has 6 heteroatoms. The molecule has 0 radical (unpaired) electrons. The Morgan fingerprint density at radius 2 is 2.19 bits per heavy atom. The van der Waals surface area contributed by atoms with Gasteiger partial charge in [-0.15, -0.1) is 0 Å². The summed E-state index contributed by atoms with van der Waals surface area (Å²) in [5.41, 5.74) is 8.24. The monoisotopic (exact) mass is 356 g/mol. The number of nitrogens with zero attached hydrogens (tertiary/aromatic N) is 3. The van der Waals surface area contributed by atoms with Gasteiger partial charge >= 0.3 is 0 Å². The molecular formula is C20H28N4O2. The van der Waals surface area contributed by atoms with E-state index in [0.717, 1.165) is 45.0 Å². The lowest BCUT2D eigenvalue weighted by Gasteiger charge is -2.20. The van der Waals surface area contributed by atoms with E-state index in [1.165, 1.54) is 5.56 Å². The van der Waals surface area contributed by atoms with Crippen LogP contribution in [0.4, 0.5) is 0 Å². The number of likely N-dealkylation sites (tertiary alicyclic amines) is 1. The van der Waals surface area contributed by atoms with E-state index in [2.05, 4.69) is 17.1 Å². The highest BCUT2D eigenvalue weighted by Gasteiger charge is 2.29. The van der Waals surface area contributed by atoms with E-state index in [1.54, 1.807) is 6.33 Å². The standard InChI is InChI=1S/C20H28N4O2/c1-2-26-14-17-8-9-24(12-17)20(25)19(21)10-18-13-23(15-22-18)11-16-6-4-3-5-7-16/h3-7,13,15,17,19H,2,8-12,14,21H2,1H3/t17?,19-/m0/s1. The molecule has 2 N–H and O–H groups in total. The summed E-state index contributed by atoms with van der Waals surface area (Å²) in [6, 6.07) is 9.68. The topological polar surface area (TPSA) is 73.4 Å². The number of carbonyl (C=O) groups is 1. The molecule has 26 heavy (non-hydrogen) atoms. The van der Waals surface area contributed by atoms with Gasteiger partial charge in [-0.05, 0) is 18.9 Å². The van der Waals surface area contributed by atoms with Crippen LogP contribution in [-0.4, -0.2) is 52.7 Å². The summed E-state index contributed by atoms with van der Waals surface area (Å²) in [5, 5.41) is 0. The molecule has 2 atom stereocenters. The molecule has 3 rings (SSSR count). The molecular weight excluding hydrogens is 328 g/mol. The van der Waals surface area contributed by atoms with Crippen molar-refractivity contribution >= 4 is 5.91 Å². The zero-order chi connectivity index (χ0) is 18.4. The molecule has 1 aliphatic rings. The fraction of sp³-hybridized carbons (Fsp3) is 0.500. The Morgan fingerprint density at radius 3 is 2.96 bits per heavy atom. The third kappa shape index (κ3) is 4.93. The lowest BCUT2D eigenvalue weighted by Crippen LogP contribution is -2.44. The van der Waals surface area contributed by atoms with Gasteiger partial charge in [0.05, 0.1) is 24.7 Å². The molecule has 1 aromatic heterocycles. The molecule has 140 valence electrons. The van der Waals surface area contributed by atoms with Crippen LogP contribution < -0.4 is 5.73 Å². The minimum atomic E-state index is -0.541. The molecule has 0 spiro atoms. The summed E-state index contributed by atoms with van der Waals surface area (Å²) >= 11 is 0. The van der Waals surface area contributed by atoms with Gasteiger partial charge in [0.15, 0.2) is 0 Å². The molecule has 0 saturated carbocycles. The van der Waals surface area contributed by atoms with Crippen LogP contribution in [-0.2, 0) is 22.5 Å². The summed E-state index contributed by atoms with van der Waals surface area (Å²) in [7, 11) is 0. The van der Waals surface area contributed by atoms with Crippen LogP contribution in [0.15, 0.2) is 42.9 Å². The van der Waals surface area contributed by atoms with Crippen LogP contribution in [0.1, 0.15) is 24.6 Å². The molecule has 2 heterocycles. The van der Waals surface area contributed by atoms with Crippen molar-refractivity contribution in [3.63, 3.8) is 0 Å². The van der Waals surface area contributed by atoms with Crippen molar-refractivity contribution in [3.05, 3.63) is 54.1 Å².